The molecule has 2 aromatic rings. The highest BCUT2D eigenvalue weighted by atomic mass is 35.5. The minimum absolute atomic E-state index is 0.405. The lowest BCUT2D eigenvalue weighted by Gasteiger charge is -2.32. The van der Waals surface area contributed by atoms with E-state index in [1.165, 1.54) is 13.0 Å². The van der Waals surface area contributed by atoms with E-state index in [9.17, 15) is 0 Å². The zero-order valence-corrected chi connectivity index (χ0v) is 12.3. The topological polar surface area (TPSA) is 53.9 Å². The first kappa shape index (κ1) is 13.5. The molecule has 1 atom stereocenters. The van der Waals surface area contributed by atoms with Crippen molar-refractivity contribution in [3.63, 3.8) is 0 Å². The average Bonchev–Trinajstić information content (AvgIpc) is 2.51. The summed E-state index contributed by atoms with van der Waals surface area (Å²) in [4.78, 5) is 6.61. The number of nitrogens with one attached hydrogen (secondary N) is 1. The Balaban J connectivity index is 1.86. The standard InChI is InChI=1S/C14H18ClN5/c1-2-20-7-3-4-10(9-20)17-14-12-8-16-6-5-11(12)13(15)18-19-14/h5-6,8,10H,2-4,7,9H2,1H3,(H,17,19)/t10-/m1/s1. The van der Waals surface area contributed by atoms with Crippen molar-refractivity contribution in [1.82, 2.24) is 20.1 Å². The van der Waals surface area contributed by atoms with Gasteiger partial charge in [-0.15, -0.1) is 10.2 Å². The van der Waals surface area contributed by atoms with Crippen molar-refractivity contribution in [3.05, 3.63) is 23.6 Å². The molecule has 5 nitrogen and oxygen atoms in total. The van der Waals surface area contributed by atoms with E-state index in [1.807, 2.05) is 6.07 Å². The fourth-order valence-electron chi connectivity index (χ4n) is 2.73. The molecule has 20 heavy (non-hydrogen) atoms. The normalized spacial score (nSPS) is 20.2. The number of likely N-dealkylation sites (N-methyl/N-ethyl adjacent to an activating group) is 1. The van der Waals surface area contributed by atoms with Crippen molar-refractivity contribution in [3.8, 4) is 0 Å². The first-order valence-corrected chi connectivity index (χ1v) is 7.40. The lowest BCUT2D eigenvalue weighted by atomic mass is 10.1. The van der Waals surface area contributed by atoms with Crippen molar-refractivity contribution in [2.75, 3.05) is 25.0 Å². The number of halogens is 1. The van der Waals surface area contributed by atoms with Crippen LogP contribution in [0.1, 0.15) is 19.8 Å². The van der Waals surface area contributed by atoms with Crippen LogP contribution in [0.4, 0.5) is 5.82 Å². The average molecular weight is 292 g/mol. The van der Waals surface area contributed by atoms with Crippen LogP contribution in [-0.2, 0) is 0 Å². The molecule has 6 heteroatoms. The number of piperidine rings is 1. The van der Waals surface area contributed by atoms with E-state index in [-0.39, 0.29) is 0 Å². The zero-order chi connectivity index (χ0) is 13.9. The highest BCUT2D eigenvalue weighted by Gasteiger charge is 2.20. The third kappa shape index (κ3) is 2.69. The van der Waals surface area contributed by atoms with Crippen LogP contribution in [0.15, 0.2) is 18.5 Å². The van der Waals surface area contributed by atoms with Crippen molar-refractivity contribution in [2.24, 2.45) is 0 Å². The van der Waals surface area contributed by atoms with Crippen LogP contribution >= 0.6 is 11.6 Å². The summed E-state index contributed by atoms with van der Waals surface area (Å²) in [6, 6.07) is 2.28. The molecule has 1 N–H and O–H groups in total. The van der Waals surface area contributed by atoms with E-state index >= 15 is 0 Å². The highest BCUT2D eigenvalue weighted by Crippen LogP contribution is 2.26. The molecule has 3 heterocycles. The summed E-state index contributed by atoms with van der Waals surface area (Å²) in [5.41, 5.74) is 0. The number of hydrogen-bond acceptors (Lipinski definition) is 5. The second kappa shape index (κ2) is 5.89. The molecule has 0 aliphatic carbocycles. The predicted molar refractivity (Wildman–Crippen MR) is 81.1 cm³/mol. The predicted octanol–water partition coefficient (Wildman–Crippen LogP) is 2.57. The number of likely N-dealkylation sites (tertiary alicyclic amines) is 1. The molecule has 0 radical (unpaired) electrons. The van der Waals surface area contributed by atoms with Gasteiger partial charge in [-0.2, -0.15) is 0 Å². The van der Waals surface area contributed by atoms with Gasteiger partial charge in [-0.1, -0.05) is 18.5 Å². The summed E-state index contributed by atoms with van der Waals surface area (Å²) in [5, 5.41) is 14.0. The van der Waals surface area contributed by atoms with Gasteiger partial charge in [-0.3, -0.25) is 4.98 Å². The van der Waals surface area contributed by atoms with Gasteiger partial charge in [0.05, 0.1) is 0 Å². The number of hydrogen-bond donors (Lipinski definition) is 1. The van der Waals surface area contributed by atoms with Gasteiger partial charge in [0.1, 0.15) is 0 Å². The van der Waals surface area contributed by atoms with E-state index in [0.717, 1.165) is 36.1 Å². The van der Waals surface area contributed by atoms with E-state index in [2.05, 4.69) is 32.3 Å². The second-order valence-electron chi connectivity index (χ2n) is 5.14. The first-order valence-electron chi connectivity index (χ1n) is 7.02. The fourth-order valence-corrected chi connectivity index (χ4v) is 2.93. The number of anilines is 1. The molecule has 0 amide bonds. The molecule has 0 bridgehead atoms. The molecule has 1 aliphatic heterocycles. The summed E-state index contributed by atoms with van der Waals surface area (Å²) in [6.07, 6.45) is 5.88. The third-order valence-corrected chi connectivity index (χ3v) is 4.11. The van der Waals surface area contributed by atoms with Gasteiger partial charge in [0.25, 0.3) is 0 Å². The van der Waals surface area contributed by atoms with E-state index < -0.39 is 0 Å². The quantitative estimate of drug-likeness (QED) is 0.942. The van der Waals surface area contributed by atoms with Gasteiger partial charge in [-0.25, -0.2) is 0 Å². The number of fused-ring (bicyclic) bond motifs is 1. The maximum absolute atomic E-state index is 6.08. The Kier molecular flexibility index (Phi) is 3.98. The van der Waals surface area contributed by atoms with Gasteiger partial charge >= 0.3 is 0 Å². The smallest absolute Gasteiger partial charge is 0.159 e. The van der Waals surface area contributed by atoms with Crippen LogP contribution < -0.4 is 5.32 Å². The second-order valence-corrected chi connectivity index (χ2v) is 5.50. The van der Waals surface area contributed by atoms with Crippen molar-refractivity contribution in [2.45, 2.75) is 25.8 Å². The van der Waals surface area contributed by atoms with Crippen molar-refractivity contribution in [1.29, 1.82) is 0 Å². The molecule has 1 saturated heterocycles. The molecular formula is C14H18ClN5. The van der Waals surface area contributed by atoms with Crippen LogP contribution in [0, 0.1) is 0 Å². The maximum atomic E-state index is 6.08. The molecule has 2 aromatic heterocycles. The van der Waals surface area contributed by atoms with Gasteiger partial charge in [0, 0.05) is 35.8 Å². The minimum atomic E-state index is 0.405. The number of aromatic nitrogens is 3. The largest absolute Gasteiger partial charge is 0.364 e. The molecular weight excluding hydrogens is 274 g/mol. The molecule has 106 valence electrons. The highest BCUT2D eigenvalue weighted by molar-refractivity contribution is 6.34. The summed E-state index contributed by atoms with van der Waals surface area (Å²) < 4.78 is 0. The fraction of sp³-hybridized carbons (Fsp3) is 0.500. The Bertz CT molecular complexity index is 603. The molecule has 0 spiro atoms. The summed E-state index contributed by atoms with van der Waals surface area (Å²) >= 11 is 6.08. The molecule has 1 fully saturated rings. The van der Waals surface area contributed by atoms with Crippen LogP contribution in [-0.4, -0.2) is 45.8 Å². The minimum Gasteiger partial charge on any atom is -0.364 e. The molecule has 0 aromatic carbocycles. The Morgan fingerprint density at radius 2 is 2.30 bits per heavy atom. The van der Waals surface area contributed by atoms with Gasteiger partial charge in [-0.05, 0) is 32.0 Å². The molecule has 1 aliphatic rings. The summed E-state index contributed by atoms with van der Waals surface area (Å²) in [7, 11) is 0. The van der Waals surface area contributed by atoms with Crippen molar-refractivity contribution < 1.29 is 0 Å². The van der Waals surface area contributed by atoms with Gasteiger partial charge in [0.2, 0.25) is 0 Å². The van der Waals surface area contributed by atoms with Crippen LogP contribution in [0.5, 0.6) is 0 Å². The SMILES string of the molecule is CCN1CCC[C@@H](Nc2nnc(Cl)c3ccncc23)C1. The number of rotatable bonds is 3. The first-order chi connectivity index (χ1) is 9.78. The molecule has 0 saturated carbocycles. The Morgan fingerprint density at radius 1 is 1.40 bits per heavy atom. The van der Waals surface area contributed by atoms with Crippen LogP contribution in [0.25, 0.3) is 10.8 Å². The van der Waals surface area contributed by atoms with E-state index in [1.54, 1.807) is 12.4 Å². The van der Waals surface area contributed by atoms with Crippen molar-refractivity contribution >= 4 is 28.2 Å². The summed E-state index contributed by atoms with van der Waals surface area (Å²) in [6.45, 7) is 5.52. The Labute approximate surface area is 123 Å². The van der Waals surface area contributed by atoms with Gasteiger partial charge < -0.3 is 10.2 Å². The van der Waals surface area contributed by atoms with E-state index in [4.69, 9.17) is 11.6 Å². The molecule has 3 rings (SSSR count). The maximum Gasteiger partial charge on any atom is 0.159 e. The third-order valence-electron chi connectivity index (χ3n) is 3.83. The Morgan fingerprint density at radius 3 is 3.15 bits per heavy atom. The lowest BCUT2D eigenvalue weighted by molar-refractivity contribution is 0.226. The molecule has 0 unspecified atom stereocenters. The number of nitrogens with zero attached hydrogens (tertiary/aromatic N) is 4. The Hall–Kier alpha value is -1.46. The van der Waals surface area contributed by atoms with E-state index in [0.29, 0.717) is 11.2 Å². The zero-order valence-electron chi connectivity index (χ0n) is 11.5. The summed E-state index contributed by atoms with van der Waals surface area (Å²) in [5.74, 6) is 0.778. The van der Waals surface area contributed by atoms with Crippen LogP contribution in [0.3, 0.4) is 0 Å². The van der Waals surface area contributed by atoms with Crippen LogP contribution in [0.2, 0.25) is 5.15 Å². The lowest BCUT2D eigenvalue weighted by Crippen LogP contribution is -2.42. The number of pyridine rings is 1. The monoisotopic (exact) mass is 291 g/mol. The van der Waals surface area contributed by atoms with Gasteiger partial charge in [0.15, 0.2) is 11.0 Å².